The van der Waals surface area contributed by atoms with Crippen molar-refractivity contribution in [3.63, 3.8) is 0 Å². The Bertz CT molecular complexity index is 604. The van der Waals surface area contributed by atoms with E-state index in [4.69, 9.17) is 0 Å². The lowest BCUT2D eigenvalue weighted by molar-refractivity contribution is 0.0405. The molecule has 2 N–H and O–H groups in total. The Labute approximate surface area is 112 Å². The summed E-state index contributed by atoms with van der Waals surface area (Å²) in [6.07, 6.45) is 2.89. The normalized spacial score (nSPS) is 24.4. The molecule has 4 nitrogen and oxygen atoms in total. The molecule has 4 heteroatoms. The number of fused-ring (bicyclic) bond motifs is 1. The molecule has 0 saturated carbocycles. The molecule has 0 spiro atoms. The summed E-state index contributed by atoms with van der Waals surface area (Å²) in [5.74, 6) is 0. The number of aliphatic hydroxyl groups excluding tert-OH is 2. The molecule has 0 aliphatic heterocycles. The summed E-state index contributed by atoms with van der Waals surface area (Å²) in [5, 5.41) is 20.0. The molecule has 1 aliphatic carbocycles. The van der Waals surface area contributed by atoms with Gasteiger partial charge in [0.25, 0.3) is 0 Å². The smallest absolute Gasteiger partial charge is 0.0954 e. The van der Waals surface area contributed by atoms with Crippen molar-refractivity contribution in [3.05, 3.63) is 53.6 Å². The SMILES string of the molecule is CC1(C)[C@H](O)c2ccccc2[C@H]1n1cncc1CO. The van der Waals surface area contributed by atoms with E-state index in [0.29, 0.717) is 0 Å². The van der Waals surface area contributed by atoms with Crippen molar-refractivity contribution in [1.29, 1.82) is 0 Å². The van der Waals surface area contributed by atoms with Crippen molar-refractivity contribution < 1.29 is 10.2 Å². The van der Waals surface area contributed by atoms with E-state index in [1.807, 2.05) is 42.7 Å². The first kappa shape index (κ1) is 12.4. The first-order valence-corrected chi connectivity index (χ1v) is 6.46. The van der Waals surface area contributed by atoms with E-state index in [-0.39, 0.29) is 18.1 Å². The summed E-state index contributed by atoms with van der Waals surface area (Å²) in [5.41, 5.74) is 2.50. The molecule has 19 heavy (non-hydrogen) atoms. The summed E-state index contributed by atoms with van der Waals surface area (Å²) >= 11 is 0. The van der Waals surface area contributed by atoms with Crippen molar-refractivity contribution in [3.8, 4) is 0 Å². The van der Waals surface area contributed by atoms with Crippen LogP contribution < -0.4 is 0 Å². The van der Waals surface area contributed by atoms with Gasteiger partial charge in [0.05, 0.1) is 37.0 Å². The van der Waals surface area contributed by atoms with E-state index in [0.717, 1.165) is 16.8 Å². The Kier molecular flexibility index (Phi) is 2.73. The van der Waals surface area contributed by atoms with Crippen molar-refractivity contribution >= 4 is 0 Å². The second kappa shape index (κ2) is 4.18. The summed E-state index contributed by atoms with van der Waals surface area (Å²) in [6, 6.07) is 7.93. The van der Waals surface area contributed by atoms with Gasteiger partial charge in [-0.2, -0.15) is 0 Å². The summed E-state index contributed by atoms with van der Waals surface area (Å²) < 4.78 is 1.97. The quantitative estimate of drug-likeness (QED) is 0.866. The molecule has 2 atom stereocenters. The Hall–Kier alpha value is -1.65. The molecule has 1 aromatic carbocycles. The van der Waals surface area contributed by atoms with Gasteiger partial charge in [0.2, 0.25) is 0 Å². The number of imidazole rings is 1. The van der Waals surface area contributed by atoms with Gasteiger partial charge in [-0.15, -0.1) is 0 Å². The fourth-order valence-corrected chi connectivity index (χ4v) is 3.16. The lowest BCUT2D eigenvalue weighted by atomic mass is 9.83. The van der Waals surface area contributed by atoms with Crippen LogP contribution in [0.25, 0.3) is 0 Å². The van der Waals surface area contributed by atoms with Crippen LogP contribution in [-0.4, -0.2) is 19.8 Å². The van der Waals surface area contributed by atoms with Crippen LogP contribution in [0.5, 0.6) is 0 Å². The first-order valence-electron chi connectivity index (χ1n) is 6.46. The third-order valence-electron chi connectivity index (χ3n) is 4.18. The van der Waals surface area contributed by atoms with Crippen LogP contribution in [0.2, 0.25) is 0 Å². The molecule has 0 radical (unpaired) electrons. The van der Waals surface area contributed by atoms with Gasteiger partial charge in [0.1, 0.15) is 0 Å². The summed E-state index contributed by atoms with van der Waals surface area (Å²) in [4.78, 5) is 4.12. The monoisotopic (exact) mass is 258 g/mol. The summed E-state index contributed by atoms with van der Waals surface area (Å²) in [6.45, 7) is 4.04. The second-order valence-corrected chi connectivity index (χ2v) is 5.71. The number of benzene rings is 1. The van der Waals surface area contributed by atoms with Crippen LogP contribution in [0.1, 0.15) is 42.8 Å². The van der Waals surface area contributed by atoms with E-state index in [1.165, 1.54) is 0 Å². The molecule has 2 aromatic rings. The number of aromatic nitrogens is 2. The maximum Gasteiger partial charge on any atom is 0.0954 e. The fraction of sp³-hybridized carbons (Fsp3) is 0.400. The minimum absolute atomic E-state index is 0.0108. The lowest BCUT2D eigenvalue weighted by Gasteiger charge is -2.32. The third-order valence-corrected chi connectivity index (χ3v) is 4.18. The van der Waals surface area contributed by atoms with Gasteiger partial charge < -0.3 is 14.8 Å². The minimum atomic E-state index is -0.511. The Morgan fingerprint density at radius 1 is 1.26 bits per heavy atom. The fourth-order valence-electron chi connectivity index (χ4n) is 3.16. The predicted octanol–water partition coefficient (Wildman–Crippen LogP) is 2.04. The molecular formula is C15H18N2O2. The highest BCUT2D eigenvalue weighted by Gasteiger charge is 2.47. The van der Waals surface area contributed by atoms with Gasteiger partial charge in [0, 0.05) is 5.41 Å². The zero-order valence-electron chi connectivity index (χ0n) is 11.1. The highest BCUT2D eigenvalue weighted by Crippen LogP contribution is 2.54. The van der Waals surface area contributed by atoms with E-state index in [1.54, 1.807) is 12.5 Å². The molecule has 0 fully saturated rings. The maximum absolute atomic E-state index is 10.5. The van der Waals surface area contributed by atoms with Gasteiger partial charge in [-0.3, -0.25) is 0 Å². The highest BCUT2D eigenvalue weighted by atomic mass is 16.3. The molecular weight excluding hydrogens is 240 g/mol. The molecule has 0 bridgehead atoms. The molecule has 1 aliphatic rings. The highest BCUT2D eigenvalue weighted by molar-refractivity contribution is 5.41. The number of rotatable bonds is 2. The van der Waals surface area contributed by atoms with Crippen molar-refractivity contribution in [2.75, 3.05) is 0 Å². The Balaban J connectivity index is 2.20. The van der Waals surface area contributed by atoms with Gasteiger partial charge in [-0.05, 0) is 11.1 Å². The topological polar surface area (TPSA) is 58.3 Å². The Morgan fingerprint density at radius 3 is 2.63 bits per heavy atom. The standard InChI is InChI=1S/C15H18N2O2/c1-15(2)13(17-9-16-7-10(17)8-18)11-5-3-4-6-12(11)14(15)19/h3-7,9,13-14,18-19H,8H2,1-2H3/t13-,14-/m1/s1. The summed E-state index contributed by atoms with van der Waals surface area (Å²) in [7, 11) is 0. The zero-order chi connectivity index (χ0) is 13.6. The minimum Gasteiger partial charge on any atom is -0.390 e. The van der Waals surface area contributed by atoms with E-state index >= 15 is 0 Å². The first-order chi connectivity index (χ1) is 9.07. The molecule has 0 saturated heterocycles. The molecule has 100 valence electrons. The van der Waals surface area contributed by atoms with Crippen LogP contribution in [0, 0.1) is 5.41 Å². The van der Waals surface area contributed by atoms with Crippen molar-refractivity contribution in [2.45, 2.75) is 32.6 Å². The van der Waals surface area contributed by atoms with Gasteiger partial charge in [0.15, 0.2) is 0 Å². The van der Waals surface area contributed by atoms with E-state index in [9.17, 15) is 10.2 Å². The Morgan fingerprint density at radius 2 is 1.95 bits per heavy atom. The maximum atomic E-state index is 10.5. The van der Waals surface area contributed by atoms with Crippen LogP contribution in [0.4, 0.5) is 0 Å². The van der Waals surface area contributed by atoms with E-state index < -0.39 is 6.10 Å². The van der Waals surface area contributed by atoms with E-state index in [2.05, 4.69) is 4.98 Å². The van der Waals surface area contributed by atoms with Gasteiger partial charge in [-0.1, -0.05) is 38.1 Å². The van der Waals surface area contributed by atoms with Crippen LogP contribution in [0.3, 0.4) is 0 Å². The van der Waals surface area contributed by atoms with Crippen LogP contribution in [0.15, 0.2) is 36.8 Å². The van der Waals surface area contributed by atoms with Gasteiger partial charge in [-0.25, -0.2) is 4.98 Å². The molecule has 3 rings (SSSR count). The van der Waals surface area contributed by atoms with Crippen molar-refractivity contribution in [1.82, 2.24) is 9.55 Å². The molecule has 1 aromatic heterocycles. The third kappa shape index (κ3) is 1.64. The van der Waals surface area contributed by atoms with Crippen LogP contribution in [-0.2, 0) is 6.61 Å². The number of hydrogen-bond donors (Lipinski definition) is 2. The molecule has 1 heterocycles. The average Bonchev–Trinajstić information content (AvgIpc) is 2.93. The number of nitrogens with zero attached hydrogens (tertiary/aromatic N) is 2. The zero-order valence-corrected chi connectivity index (χ0v) is 11.1. The second-order valence-electron chi connectivity index (χ2n) is 5.71. The van der Waals surface area contributed by atoms with Crippen LogP contribution >= 0.6 is 0 Å². The molecule has 0 unspecified atom stereocenters. The number of aliphatic hydroxyl groups is 2. The average molecular weight is 258 g/mol. The van der Waals surface area contributed by atoms with Gasteiger partial charge >= 0.3 is 0 Å². The lowest BCUT2D eigenvalue weighted by Crippen LogP contribution is -2.28. The molecule has 0 amide bonds. The van der Waals surface area contributed by atoms with Crippen molar-refractivity contribution in [2.24, 2.45) is 5.41 Å². The largest absolute Gasteiger partial charge is 0.390 e. The number of hydrogen-bond acceptors (Lipinski definition) is 3. The predicted molar refractivity (Wildman–Crippen MR) is 71.5 cm³/mol.